The quantitative estimate of drug-likeness (QED) is 0.802. The first-order chi connectivity index (χ1) is 8.28. The van der Waals surface area contributed by atoms with Crippen LogP contribution in [-0.4, -0.2) is 6.04 Å². The van der Waals surface area contributed by atoms with Crippen LogP contribution in [0.1, 0.15) is 51.2 Å². The number of halogens is 1. The second-order valence-corrected chi connectivity index (χ2v) is 6.16. The van der Waals surface area contributed by atoms with Crippen LogP contribution in [-0.2, 0) is 6.54 Å². The van der Waals surface area contributed by atoms with E-state index < -0.39 is 0 Å². The van der Waals surface area contributed by atoms with Crippen molar-refractivity contribution in [2.45, 2.75) is 58.0 Å². The van der Waals surface area contributed by atoms with Crippen molar-refractivity contribution in [3.8, 4) is 0 Å². The van der Waals surface area contributed by atoms with Gasteiger partial charge in [0.15, 0.2) is 3.77 Å². The highest BCUT2D eigenvalue weighted by Crippen LogP contribution is 2.27. The molecule has 96 valence electrons. The summed E-state index contributed by atoms with van der Waals surface area (Å²) in [6.45, 7) is 3.18. The molecule has 0 spiro atoms. The molecule has 1 aromatic heterocycles. The molecule has 1 aliphatic carbocycles. The van der Waals surface area contributed by atoms with Gasteiger partial charge < -0.3 is 9.73 Å². The zero-order chi connectivity index (χ0) is 12.1. The molecule has 0 amide bonds. The van der Waals surface area contributed by atoms with Crippen LogP contribution in [0.4, 0.5) is 0 Å². The van der Waals surface area contributed by atoms with Crippen LogP contribution in [0.2, 0.25) is 0 Å². The SMILES string of the molecule is CCCC1CCC(NCc2ccc(I)o2)CC1. The van der Waals surface area contributed by atoms with Gasteiger partial charge in [0.05, 0.1) is 6.54 Å². The Morgan fingerprint density at radius 1 is 1.29 bits per heavy atom. The fourth-order valence-electron chi connectivity index (χ4n) is 2.76. The summed E-state index contributed by atoms with van der Waals surface area (Å²) < 4.78 is 6.54. The molecule has 1 N–H and O–H groups in total. The van der Waals surface area contributed by atoms with Crippen LogP contribution in [0.25, 0.3) is 0 Å². The smallest absolute Gasteiger partial charge is 0.164 e. The maximum Gasteiger partial charge on any atom is 0.164 e. The van der Waals surface area contributed by atoms with E-state index in [2.05, 4.69) is 40.9 Å². The van der Waals surface area contributed by atoms with Crippen molar-refractivity contribution in [1.29, 1.82) is 0 Å². The molecule has 3 heteroatoms. The zero-order valence-electron chi connectivity index (χ0n) is 10.5. The number of nitrogens with one attached hydrogen (secondary N) is 1. The van der Waals surface area contributed by atoms with Crippen molar-refractivity contribution in [3.05, 3.63) is 21.7 Å². The number of furan rings is 1. The fraction of sp³-hybridized carbons (Fsp3) is 0.714. The highest BCUT2D eigenvalue weighted by Gasteiger charge is 2.20. The van der Waals surface area contributed by atoms with Crippen molar-refractivity contribution >= 4 is 22.6 Å². The summed E-state index contributed by atoms with van der Waals surface area (Å²) in [6.07, 6.45) is 8.24. The molecule has 1 heterocycles. The summed E-state index contributed by atoms with van der Waals surface area (Å²) in [7, 11) is 0. The number of rotatable bonds is 5. The van der Waals surface area contributed by atoms with Crippen LogP contribution in [0.15, 0.2) is 16.5 Å². The molecular formula is C14H22INO. The molecule has 2 nitrogen and oxygen atoms in total. The van der Waals surface area contributed by atoms with Gasteiger partial charge in [0.2, 0.25) is 0 Å². The predicted octanol–water partition coefficient (Wildman–Crippen LogP) is 4.33. The van der Waals surface area contributed by atoms with E-state index in [0.29, 0.717) is 6.04 Å². The van der Waals surface area contributed by atoms with Crippen molar-refractivity contribution in [1.82, 2.24) is 5.32 Å². The highest BCUT2D eigenvalue weighted by molar-refractivity contribution is 14.1. The maximum atomic E-state index is 5.56. The normalized spacial score (nSPS) is 25.1. The van der Waals surface area contributed by atoms with Gasteiger partial charge in [0.1, 0.15) is 5.76 Å². The summed E-state index contributed by atoms with van der Waals surface area (Å²) in [5.74, 6) is 2.05. The lowest BCUT2D eigenvalue weighted by atomic mass is 9.83. The lowest BCUT2D eigenvalue weighted by Gasteiger charge is -2.28. The van der Waals surface area contributed by atoms with Crippen LogP contribution in [0.3, 0.4) is 0 Å². The highest BCUT2D eigenvalue weighted by atomic mass is 127. The molecule has 0 aliphatic heterocycles. The Hall–Kier alpha value is -0.0300. The molecule has 0 radical (unpaired) electrons. The van der Waals surface area contributed by atoms with Crippen LogP contribution in [0.5, 0.6) is 0 Å². The number of hydrogen-bond donors (Lipinski definition) is 1. The molecule has 0 bridgehead atoms. The van der Waals surface area contributed by atoms with E-state index in [4.69, 9.17) is 4.42 Å². The molecule has 1 aromatic rings. The lowest BCUT2D eigenvalue weighted by Crippen LogP contribution is -2.32. The van der Waals surface area contributed by atoms with Crippen LogP contribution < -0.4 is 5.32 Å². The first-order valence-electron chi connectivity index (χ1n) is 6.75. The summed E-state index contributed by atoms with van der Waals surface area (Å²) >= 11 is 2.21. The minimum Gasteiger partial charge on any atom is -0.454 e. The van der Waals surface area contributed by atoms with Crippen LogP contribution in [0, 0.1) is 9.68 Å². The van der Waals surface area contributed by atoms with Gasteiger partial charge in [-0.15, -0.1) is 0 Å². The molecule has 0 aromatic carbocycles. The average molecular weight is 347 g/mol. The zero-order valence-corrected chi connectivity index (χ0v) is 12.7. The van der Waals surface area contributed by atoms with Gasteiger partial charge in [-0.2, -0.15) is 0 Å². The fourth-order valence-corrected chi connectivity index (χ4v) is 3.22. The van der Waals surface area contributed by atoms with Gasteiger partial charge in [0, 0.05) is 6.04 Å². The lowest BCUT2D eigenvalue weighted by molar-refractivity contribution is 0.273. The molecule has 0 unspecified atom stereocenters. The van der Waals surface area contributed by atoms with Gasteiger partial charge in [-0.25, -0.2) is 0 Å². The van der Waals surface area contributed by atoms with Gasteiger partial charge in [-0.05, 0) is 66.3 Å². The minimum atomic E-state index is 0.700. The van der Waals surface area contributed by atoms with Gasteiger partial charge in [-0.1, -0.05) is 19.8 Å². The standard InChI is InChI=1S/C14H22INO/c1-2-3-11-4-6-12(7-5-11)16-10-13-8-9-14(15)17-13/h8-9,11-12,16H,2-7,10H2,1H3. The van der Waals surface area contributed by atoms with Crippen molar-refractivity contribution < 1.29 is 4.42 Å². The summed E-state index contributed by atoms with van der Waals surface area (Å²) in [5, 5.41) is 3.62. The van der Waals surface area contributed by atoms with E-state index in [9.17, 15) is 0 Å². The molecule has 0 saturated heterocycles. The summed E-state index contributed by atoms with van der Waals surface area (Å²) in [5.41, 5.74) is 0. The van der Waals surface area contributed by atoms with E-state index in [1.807, 2.05) is 6.07 Å². The van der Waals surface area contributed by atoms with Gasteiger partial charge >= 0.3 is 0 Å². The van der Waals surface area contributed by atoms with Crippen molar-refractivity contribution in [2.24, 2.45) is 5.92 Å². The van der Waals surface area contributed by atoms with E-state index in [1.54, 1.807) is 0 Å². The minimum absolute atomic E-state index is 0.700. The Bertz CT molecular complexity index is 329. The molecule has 1 fully saturated rings. The molecular weight excluding hydrogens is 325 g/mol. The third kappa shape index (κ3) is 4.28. The third-order valence-corrected chi connectivity index (χ3v) is 4.32. The predicted molar refractivity (Wildman–Crippen MR) is 78.9 cm³/mol. The third-order valence-electron chi connectivity index (χ3n) is 3.74. The van der Waals surface area contributed by atoms with Gasteiger partial charge in [0.25, 0.3) is 0 Å². The van der Waals surface area contributed by atoms with E-state index >= 15 is 0 Å². The van der Waals surface area contributed by atoms with Crippen molar-refractivity contribution in [3.63, 3.8) is 0 Å². The Morgan fingerprint density at radius 2 is 2.06 bits per heavy atom. The second-order valence-electron chi connectivity index (χ2n) is 5.09. The first kappa shape index (κ1) is 13.4. The monoisotopic (exact) mass is 347 g/mol. The van der Waals surface area contributed by atoms with E-state index in [1.165, 1.54) is 38.5 Å². The Balaban J connectivity index is 1.68. The first-order valence-corrected chi connectivity index (χ1v) is 7.83. The summed E-state index contributed by atoms with van der Waals surface area (Å²) in [4.78, 5) is 0. The Labute approximate surface area is 118 Å². The van der Waals surface area contributed by atoms with Crippen LogP contribution >= 0.6 is 22.6 Å². The largest absolute Gasteiger partial charge is 0.454 e. The average Bonchev–Trinajstić information content (AvgIpc) is 2.75. The van der Waals surface area contributed by atoms with E-state index in [-0.39, 0.29) is 0 Å². The molecule has 2 rings (SSSR count). The molecule has 0 atom stereocenters. The van der Waals surface area contributed by atoms with Crippen molar-refractivity contribution in [2.75, 3.05) is 0 Å². The second kappa shape index (κ2) is 6.78. The Kier molecular flexibility index (Phi) is 5.35. The number of hydrogen-bond acceptors (Lipinski definition) is 2. The topological polar surface area (TPSA) is 25.2 Å². The Morgan fingerprint density at radius 3 is 2.65 bits per heavy atom. The van der Waals surface area contributed by atoms with Gasteiger partial charge in [-0.3, -0.25) is 0 Å². The molecule has 17 heavy (non-hydrogen) atoms. The molecule has 1 saturated carbocycles. The summed E-state index contributed by atoms with van der Waals surface area (Å²) in [6, 6.07) is 4.79. The molecule has 1 aliphatic rings. The maximum absolute atomic E-state index is 5.56. The van der Waals surface area contributed by atoms with E-state index in [0.717, 1.165) is 22.0 Å².